The van der Waals surface area contributed by atoms with E-state index in [0.29, 0.717) is 17.5 Å². The Morgan fingerprint density at radius 2 is 2.05 bits per heavy atom. The maximum absolute atomic E-state index is 13.7. The fourth-order valence-electron chi connectivity index (χ4n) is 1.80. The van der Waals surface area contributed by atoms with Crippen LogP contribution in [0.3, 0.4) is 0 Å². The number of halogens is 2. The fourth-order valence-corrected chi connectivity index (χ4v) is 2.14. The molecular formula is C15H17BrFN3O. The highest BCUT2D eigenvalue weighted by molar-refractivity contribution is 9.10. The number of nitrogens with one attached hydrogen (secondary N) is 1. The summed E-state index contributed by atoms with van der Waals surface area (Å²) in [5, 5.41) is 3.12. The van der Waals surface area contributed by atoms with E-state index in [4.69, 9.17) is 4.74 Å². The highest BCUT2D eigenvalue weighted by atomic mass is 79.9. The van der Waals surface area contributed by atoms with Gasteiger partial charge in [-0.15, -0.1) is 0 Å². The number of hydrogen-bond donors (Lipinski definition) is 1. The van der Waals surface area contributed by atoms with E-state index in [-0.39, 0.29) is 5.75 Å². The Labute approximate surface area is 131 Å². The standard InChI is InChI=1S/C15H17BrFN3O/c1-3-5-13-19-14(18-4-2)9-15(20-13)21-12-8-10(16)6-7-11(12)17/h6-9H,3-5H2,1-2H3,(H,18,19,20). The summed E-state index contributed by atoms with van der Waals surface area (Å²) in [5.74, 6) is 1.40. The van der Waals surface area contributed by atoms with Crippen LogP contribution in [-0.2, 0) is 6.42 Å². The van der Waals surface area contributed by atoms with Gasteiger partial charge in [0.15, 0.2) is 11.6 Å². The second kappa shape index (κ2) is 7.36. The van der Waals surface area contributed by atoms with Gasteiger partial charge >= 0.3 is 0 Å². The Morgan fingerprint density at radius 1 is 1.24 bits per heavy atom. The monoisotopic (exact) mass is 353 g/mol. The Morgan fingerprint density at radius 3 is 2.76 bits per heavy atom. The van der Waals surface area contributed by atoms with Crippen molar-refractivity contribution < 1.29 is 9.13 Å². The smallest absolute Gasteiger partial charge is 0.224 e. The Hall–Kier alpha value is -1.69. The molecule has 0 saturated carbocycles. The zero-order valence-electron chi connectivity index (χ0n) is 12.0. The molecule has 0 spiro atoms. The van der Waals surface area contributed by atoms with Crippen LogP contribution in [0.15, 0.2) is 28.7 Å². The molecule has 6 heteroatoms. The Balaban J connectivity index is 2.31. The zero-order valence-corrected chi connectivity index (χ0v) is 13.6. The van der Waals surface area contributed by atoms with Crippen LogP contribution in [-0.4, -0.2) is 16.5 Å². The van der Waals surface area contributed by atoms with E-state index < -0.39 is 5.82 Å². The van der Waals surface area contributed by atoms with Gasteiger partial charge in [0.2, 0.25) is 5.88 Å². The summed E-state index contributed by atoms with van der Waals surface area (Å²) in [4.78, 5) is 8.71. The lowest BCUT2D eigenvalue weighted by molar-refractivity contribution is 0.424. The Bertz CT molecular complexity index is 598. The molecule has 1 heterocycles. The minimum Gasteiger partial charge on any atom is -0.436 e. The predicted molar refractivity (Wildman–Crippen MR) is 84.4 cm³/mol. The van der Waals surface area contributed by atoms with Gasteiger partial charge in [0.25, 0.3) is 0 Å². The van der Waals surface area contributed by atoms with Gasteiger partial charge in [-0.25, -0.2) is 9.37 Å². The molecule has 2 aromatic rings. The van der Waals surface area contributed by atoms with Gasteiger partial charge in [0, 0.05) is 23.5 Å². The van der Waals surface area contributed by atoms with E-state index in [9.17, 15) is 4.39 Å². The number of ether oxygens (including phenoxy) is 1. The lowest BCUT2D eigenvalue weighted by Crippen LogP contribution is -2.05. The van der Waals surface area contributed by atoms with Crippen LogP contribution >= 0.6 is 15.9 Å². The molecule has 0 bridgehead atoms. The molecule has 1 aromatic carbocycles. The van der Waals surface area contributed by atoms with Crippen molar-refractivity contribution in [2.45, 2.75) is 26.7 Å². The van der Waals surface area contributed by atoms with Crippen molar-refractivity contribution in [2.24, 2.45) is 0 Å². The lowest BCUT2D eigenvalue weighted by atomic mass is 10.3. The molecule has 4 nitrogen and oxygen atoms in total. The molecule has 1 aromatic heterocycles. The normalized spacial score (nSPS) is 10.5. The maximum Gasteiger partial charge on any atom is 0.224 e. The summed E-state index contributed by atoms with van der Waals surface area (Å²) < 4.78 is 20.1. The van der Waals surface area contributed by atoms with Crippen molar-refractivity contribution in [3.8, 4) is 11.6 Å². The number of aryl methyl sites for hydroxylation is 1. The van der Waals surface area contributed by atoms with E-state index >= 15 is 0 Å². The number of benzene rings is 1. The molecule has 0 unspecified atom stereocenters. The molecule has 112 valence electrons. The van der Waals surface area contributed by atoms with E-state index in [2.05, 4.69) is 38.1 Å². The van der Waals surface area contributed by atoms with Crippen LogP contribution in [0.1, 0.15) is 26.1 Å². The minimum atomic E-state index is -0.432. The third kappa shape index (κ3) is 4.39. The molecule has 1 N–H and O–H groups in total. The van der Waals surface area contributed by atoms with Crippen molar-refractivity contribution in [2.75, 3.05) is 11.9 Å². The number of hydrogen-bond acceptors (Lipinski definition) is 4. The second-order valence-electron chi connectivity index (χ2n) is 4.46. The van der Waals surface area contributed by atoms with Crippen molar-refractivity contribution in [1.29, 1.82) is 0 Å². The molecule has 2 rings (SSSR count). The third-order valence-corrected chi connectivity index (χ3v) is 3.18. The summed E-state index contributed by atoms with van der Waals surface area (Å²) in [7, 11) is 0. The van der Waals surface area contributed by atoms with Gasteiger partial charge in [-0.1, -0.05) is 22.9 Å². The van der Waals surface area contributed by atoms with Gasteiger partial charge in [-0.3, -0.25) is 0 Å². The van der Waals surface area contributed by atoms with E-state index in [1.165, 1.54) is 6.07 Å². The average Bonchev–Trinajstić information content (AvgIpc) is 2.43. The van der Waals surface area contributed by atoms with Crippen molar-refractivity contribution in [3.63, 3.8) is 0 Å². The minimum absolute atomic E-state index is 0.132. The maximum atomic E-state index is 13.7. The van der Waals surface area contributed by atoms with Crippen LogP contribution < -0.4 is 10.1 Å². The molecule has 0 aliphatic heterocycles. The molecule has 0 aliphatic rings. The molecule has 21 heavy (non-hydrogen) atoms. The first-order chi connectivity index (χ1) is 10.1. The summed E-state index contributed by atoms with van der Waals surface area (Å²) in [6.45, 7) is 4.78. The van der Waals surface area contributed by atoms with Gasteiger partial charge in [0.05, 0.1) is 0 Å². The summed E-state index contributed by atoms with van der Waals surface area (Å²) in [6, 6.07) is 6.21. The number of rotatable bonds is 6. The molecule has 0 aliphatic carbocycles. The van der Waals surface area contributed by atoms with Gasteiger partial charge in [-0.2, -0.15) is 4.98 Å². The van der Waals surface area contributed by atoms with Crippen molar-refractivity contribution >= 4 is 21.7 Å². The largest absolute Gasteiger partial charge is 0.436 e. The van der Waals surface area contributed by atoms with Gasteiger partial charge in [0.1, 0.15) is 11.6 Å². The van der Waals surface area contributed by atoms with Crippen LogP contribution in [0.4, 0.5) is 10.2 Å². The lowest BCUT2D eigenvalue weighted by Gasteiger charge is -2.10. The van der Waals surface area contributed by atoms with Crippen molar-refractivity contribution in [3.05, 3.63) is 40.4 Å². The average molecular weight is 354 g/mol. The highest BCUT2D eigenvalue weighted by Gasteiger charge is 2.09. The number of aromatic nitrogens is 2. The van der Waals surface area contributed by atoms with E-state index in [1.54, 1.807) is 18.2 Å². The molecule has 0 amide bonds. The highest BCUT2D eigenvalue weighted by Crippen LogP contribution is 2.27. The summed E-state index contributed by atoms with van der Waals surface area (Å²) in [6.07, 6.45) is 1.68. The molecule has 0 saturated heterocycles. The van der Waals surface area contributed by atoms with Crippen molar-refractivity contribution in [1.82, 2.24) is 9.97 Å². The van der Waals surface area contributed by atoms with E-state index in [1.807, 2.05) is 6.92 Å². The molecular weight excluding hydrogens is 337 g/mol. The van der Waals surface area contributed by atoms with E-state index in [0.717, 1.165) is 23.9 Å². The molecule has 0 atom stereocenters. The Kier molecular flexibility index (Phi) is 5.50. The first-order valence-corrected chi connectivity index (χ1v) is 7.66. The molecule has 0 radical (unpaired) electrons. The first kappa shape index (κ1) is 15.7. The quantitative estimate of drug-likeness (QED) is 0.827. The SMILES string of the molecule is CCCc1nc(NCC)cc(Oc2cc(Br)ccc2F)n1. The number of anilines is 1. The van der Waals surface area contributed by atoms with Crippen LogP contribution in [0.25, 0.3) is 0 Å². The first-order valence-electron chi connectivity index (χ1n) is 6.87. The van der Waals surface area contributed by atoms with Crippen LogP contribution in [0.2, 0.25) is 0 Å². The second-order valence-corrected chi connectivity index (χ2v) is 5.38. The number of nitrogens with zero attached hydrogens (tertiary/aromatic N) is 2. The van der Waals surface area contributed by atoms with Gasteiger partial charge < -0.3 is 10.1 Å². The van der Waals surface area contributed by atoms with Gasteiger partial charge in [-0.05, 0) is 31.5 Å². The van der Waals surface area contributed by atoms with Crippen LogP contribution in [0.5, 0.6) is 11.6 Å². The molecule has 0 fully saturated rings. The predicted octanol–water partition coefficient (Wildman–Crippen LogP) is 4.55. The summed E-state index contributed by atoms with van der Waals surface area (Å²) in [5.41, 5.74) is 0. The zero-order chi connectivity index (χ0) is 15.2. The fraction of sp³-hybridized carbons (Fsp3) is 0.333. The summed E-state index contributed by atoms with van der Waals surface area (Å²) >= 11 is 3.30. The topological polar surface area (TPSA) is 47.0 Å². The van der Waals surface area contributed by atoms with Crippen LogP contribution in [0, 0.1) is 5.82 Å². The third-order valence-electron chi connectivity index (χ3n) is 2.69.